The molecule has 0 saturated heterocycles. The van der Waals surface area contributed by atoms with Gasteiger partial charge in [-0.1, -0.05) is 53.2 Å². The number of halogens is 1. The van der Waals surface area contributed by atoms with Crippen molar-refractivity contribution >= 4 is 23.3 Å². The lowest BCUT2D eigenvalue weighted by Crippen LogP contribution is -2.13. The molecule has 0 amide bonds. The zero-order valence-corrected chi connectivity index (χ0v) is 14.2. The first-order valence-corrected chi connectivity index (χ1v) is 7.68. The molecule has 0 N–H and O–H groups in total. The van der Waals surface area contributed by atoms with Gasteiger partial charge >= 0.3 is 5.97 Å². The van der Waals surface area contributed by atoms with Gasteiger partial charge in [-0.15, -0.1) is 0 Å². The second-order valence-corrected chi connectivity index (χ2v) is 5.35. The summed E-state index contributed by atoms with van der Waals surface area (Å²) in [7, 11) is 1.30. The number of carbonyl (C=O) groups excluding carboxylic acids is 1. The standard InChI is InChI=1S/C18H18ClNO4/c1-13(20-24-11-14-6-4-3-5-7-14)15-8-9-16(19)17(10-15)23-12-18(21)22-2/h3-10H,11-12H2,1-2H3/b20-13+. The van der Waals surface area contributed by atoms with E-state index >= 15 is 0 Å². The van der Waals surface area contributed by atoms with Crippen LogP contribution >= 0.6 is 11.6 Å². The summed E-state index contributed by atoms with van der Waals surface area (Å²) in [6.07, 6.45) is 0. The Bertz CT molecular complexity index is 716. The Hall–Kier alpha value is -2.53. The molecule has 0 spiro atoms. The summed E-state index contributed by atoms with van der Waals surface area (Å²) in [4.78, 5) is 16.5. The zero-order chi connectivity index (χ0) is 17.4. The number of carbonyl (C=O) groups is 1. The van der Waals surface area contributed by atoms with E-state index in [1.54, 1.807) is 18.2 Å². The van der Waals surface area contributed by atoms with Gasteiger partial charge in [0.2, 0.25) is 0 Å². The lowest BCUT2D eigenvalue weighted by Gasteiger charge is -2.09. The maximum atomic E-state index is 11.2. The number of esters is 1. The van der Waals surface area contributed by atoms with Crippen LogP contribution in [0.1, 0.15) is 18.1 Å². The Morgan fingerprint density at radius 2 is 1.92 bits per heavy atom. The van der Waals surface area contributed by atoms with E-state index in [2.05, 4.69) is 9.89 Å². The third-order valence-corrected chi connectivity index (χ3v) is 3.51. The molecule has 0 aromatic heterocycles. The van der Waals surface area contributed by atoms with Gasteiger partial charge in [0, 0.05) is 5.56 Å². The van der Waals surface area contributed by atoms with E-state index in [4.69, 9.17) is 21.2 Å². The Morgan fingerprint density at radius 1 is 1.17 bits per heavy atom. The normalized spacial score (nSPS) is 11.0. The molecule has 0 atom stereocenters. The largest absolute Gasteiger partial charge is 0.480 e. The minimum Gasteiger partial charge on any atom is -0.480 e. The Kier molecular flexibility index (Phi) is 6.63. The van der Waals surface area contributed by atoms with Gasteiger partial charge < -0.3 is 14.3 Å². The monoisotopic (exact) mass is 347 g/mol. The zero-order valence-electron chi connectivity index (χ0n) is 13.5. The fourth-order valence-electron chi connectivity index (χ4n) is 1.87. The lowest BCUT2D eigenvalue weighted by atomic mass is 10.1. The molecule has 2 aromatic carbocycles. The minimum atomic E-state index is -0.479. The van der Waals surface area contributed by atoms with E-state index < -0.39 is 5.97 Å². The number of oxime groups is 1. The van der Waals surface area contributed by atoms with Gasteiger partial charge in [-0.25, -0.2) is 4.79 Å². The second kappa shape index (κ2) is 8.93. The molecule has 2 rings (SSSR count). The average molecular weight is 348 g/mol. The van der Waals surface area contributed by atoms with Gasteiger partial charge in [-0.3, -0.25) is 0 Å². The van der Waals surface area contributed by atoms with Crippen molar-refractivity contribution in [3.8, 4) is 5.75 Å². The summed E-state index contributed by atoms with van der Waals surface area (Å²) in [5.41, 5.74) is 2.49. The van der Waals surface area contributed by atoms with Crippen LogP contribution < -0.4 is 4.74 Å². The predicted octanol–water partition coefficient (Wildman–Crippen LogP) is 3.83. The van der Waals surface area contributed by atoms with Crippen molar-refractivity contribution in [2.75, 3.05) is 13.7 Å². The van der Waals surface area contributed by atoms with Crippen LogP contribution in [-0.4, -0.2) is 25.4 Å². The van der Waals surface area contributed by atoms with Gasteiger partial charge in [0.25, 0.3) is 0 Å². The fourth-order valence-corrected chi connectivity index (χ4v) is 2.04. The predicted molar refractivity (Wildman–Crippen MR) is 92.4 cm³/mol. The molecule has 0 aliphatic carbocycles. The minimum absolute atomic E-state index is 0.208. The highest BCUT2D eigenvalue weighted by atomic mass is 35.5. The highest BCUT2D eigenvalue weighted by molar-refractivity contribution is 6.32. The molecule has 0 saturated carbocycles. The van der Waals surface area contributed by atoms with Crippen LogP contribution in [0.15, 0.2) is 53.7 Å². The van der Waals surface area contributed by atoms with Crippen molar-refractivity contribution in [1.29, 1.82) is 0 Å². The fraction of sp³-hybridized carbons (Fsp3) is 0.222. The molecule has 126 valence electrons. The van der Waals surface area contributed by atoms with Crippen LogP contribution in [0.4, 0.5) is 0 Å². The number of hydrogen-bond acceptors (Lipinski definition) is 5. The molecule has 24 heavy (non-hydrogen) atoms. The smallest absolute Gasteiger partial charge is 0.343 e. The molecule has 0 bridgehead atoms. The topological polar surface area (TPSA) is 57.1 Å². The highest BCUT2D eigenvalue weighted by Gasteiger charge is 2.08. The third-order valence-electron chi connectivity index (χ3n) is 3.20. The maximum absolute atomic E-state index is 11.2. The number of nitrogens with zero attached hydrogens (tertiary/aromatic N) is 1. The summed E-state index contributed by atoms with van der Waals surface area (Å²) < 4.78 is 9.89. The van der Waals surface area contributed by atoms with Crippen LogP contribution in [0.3, 0.4) is 0 Å². The van der Waals surface area contributed by atoms with E-state index in [1.165, 1.54) is 7.11 Å². The van der Waals surface area contributed by atoms with Crippen molar-refractivity contribution in [2.24, 2.45) is 5.16 Å². The van der Waals surface area contributed by atoms with Crippen LogP contribution in [0, 0.1) is 0 Å². The van der Waals surface area contributed by atoms with Gasteiger partial charge in [0.1, 0.15) is 12.4 Å². The highest BCUT2D eigenvalue weighted by Crippen LogP contribution is 2.26. The SMILES string of the molecule is COC(=O)COc1cc(/C(C)=N/OCc2ccccc2)ccc1Cl. The average Bonchev–Trinajstić information content (AvgIpc) is 2.61. The molecule has 0 radical (unpaired) electrons. The van der Waals surface area contributed by atoms with E-state index in [0.29, 0.717) is 23.1 Å². The number of methoxy groups -OCH3 is 1. The summed E-state index contributed by atoms with van der Waals surface area (Å²) in [5, 5.41) is 4.50. The summed E-state index contributed by atoms with van der Waals surface area (Å²) >= 11 is 6.06. The first-order chi connectivity index (χ1) is 11.6. The molecule has 0 fully saturated rings. The molecular weight excluding hydrogens is 330 g/mol. The molecule has 0 aliphatic heterocycles. The van der Waals surface area contributed by atoms with Crippen LogP contribution in [0.5, 0.6) is 5.75 Å². The first kappa shape index (κ1) is 17.8. The molecule has 2 aromatic rings. The Balaban J connectivity index is 2.01. The van der Waals surface area contributed by atoms with Crippen molar-refractivity contribution in [1.82, 2.24) is 0 Å². The van der Waals surface area contributed by atoms with E-state index in [9.17, 15) is 4.79 Å². The van der Waals surface area contributed by atoms with Gasteiger partial charge in [-0.05, 0) is 24.6 Å². The number of benzene rings is 2. The van der Waals surface area contributed by atoms with Gasteiger partial charge in [0.05, 0.1) is 17.8 Å². The first-order valence-electron chi connectivity index (χ1n) is 7.30. The van der Waals surface area contributed by atoms with E-state index in [-0.39, 0.29) is 6.61 Å². The van der Waals surface area contributed by atoms with Crippen LogP contribution in [0.25, 0.3) is 0 Å². The summed E-state index contributed by atoms with van der Waals surface area (Å²) in [5.74, 6) is -0.0924. The molecule has 5 nitrogen and oxygen atoms in total. The Morgan fingerprint density at radius 3 is 2.62 bits per heavy atom. The quantitative estimate of drug-likeness (QED) is 0.434. The number of rotatable bonds is 7. The van der Waals surface area contributed by atoms with Crippen molar-refractivity contribution in [3.63, 3.8) is 0 Å². The van der Waals surface area contributed by atoms with Crippen molar-refractivity contribution in [2.45, 2.75) is 13.5 Å². The number of ether oxygens (including phenoxy) is 2. The maximum Gasteiger partial charge on any atom is 0.343 e. The van der Waals surface area contributed by atoms with Crippen LogP contribution in [0.2, 0.25) is 5.02 Å². The van der Waals surface area contributed by atoms with Crippen molar-refractivity contribution < 1.29 is 19.1 Å². The summed E-state index contributed by atoms with van der Waals surface area (Å²) in [6, 6.07) is 15.0. The molecule has 6 heteroatoms. The molecule has 0 aliphatic rings. The van der Waals surface area contributed by atoms with Crippen LogP contribution in [-0.2, 0) is 21.0 Å². The van der Waals surface area contributed by atoms with Gasteiger partial charge in [0.15, 0.2) is 6.61 Å². The second-order valence-electron chi connectivity index (χ2n) is 4.95. The van der Waals surface area contributed by atoms with E-state index in [1.807, 2.05) is 37.3 Å². The molecule has 0 heterocycles. The molecule has 0 unspecified atom stereocenters. The van der Waals surface area contributed by atoms with Gasteiger partial charge in [-0.2, -0.15) is 0 Å². The Labute approximate surface area is 145 Å². The number of hydrogen-bond donors (Lipinski definition) is 0. The lowest BCUT2D eigenvalue weighted by molar-refractivity contribution is -0.142. The van der Waals surface area contributed by atoms with Crippen molar-refractivity contribution in [3.05, 3.63) is 64.7 Å². The van der Waals surface area contributed by atoms with E-state index in [0.717, 1.165) is 11.1 Å². The summed E-state index contributed by atoms with van der Waals surface area (Å²) in [6.45, 7) is 2.00. The molecular formula is C18H18ClNO4. The third kappa shape index (κ3) is 5.28.